The van der Waals surface area contributed by atoms with Crippen LogP contribution in [0.3, 0.4) is 0 Å². The molecule has 0 aliphatic carbocycles. The predicted molar refractivity (Wildman–Crippen MR) is 114 cm³/mol. The monoisotopic (exact) mass is 448 g/mol. The topological polar surface area (TPSA) is 91.8 Å². The predicted octanol–water partition coefficient (Wildman–Crippen LogP) is 2.40. The van der Waals surface area contributed by atoms with Gasteiger partial charge in [0.05, 0.1) is 16.3 Å². The van der Waals surface area contributed by atoms with Crippen LogP contribution in [0, 0.1) is 5.92 Å². The highest BCUT2D eigenvalue weighted by atomic mass is 32.2. The molecular formula is C21H24N2O5S2. The van der Waals surface area contributed by atoms with Gasteiger partial charge in [0, 0.05) is 19.5 Å². The number of sulfonamides is 2. The molecule has 2 aliphatic heterocycles. The van der Waals surface area contributed by atoms with E-state index in [1.807, 2.05) is 18.2 Å². The highest BCUT2D eigenvalue weighted by Gasteiger charge is 2.36. The van der Waals surface area contributed by atoms with Gasteiger partial charge in [0.25, 0.3) is 0 Å². The standard InChI is InChI=1S/C21H24N2O5S2/c24-21-12-15-29(25,26)23(21)19-6-8-20(9-7-19)30(27,28)22-13-10-18(11-14-22)16-17-4-2-1-3-5-17/h1-9,18H,10-16H2. The first kappa shape index (κ1) is 21.0. The number of hydrogen-bond donors (Lipinski definition) is 0. The van der Waals surface area contributed by atoms with Crippen LogP contribution < -0.4 is 4.31 Å². The number of rotatable bonds is 5. The highest BCUT2D eigenvalue weighted by molar-refractivity contribution is 7.94. The summed E-state index contributed by atoms with van der Waals surface area (Å²) < 4.78 is 52.3. The molecule has 2 aromatic rings. The second-order valence-electron chi connectivity index (χ2n) is 7.76. The minimum atomic E-state index is -3.67. The van der Waals surface area contributed by atoms with E-state index in [0.717, 1.165) is 23.6 Å². The average molecular weight is 449 g/mol. The molecule has 1 amide bonds. The first-order chi connectivity index (χ1) is 14.3. The fraction of sp³-hybridized carbons (Fsp3) is 0.381. The maximum absolute atomic E-state index is 13.0. The maximum Gasteiger partial charge on any atom is 0.243 e. The van der Waals surface area contributed by atoms with Gasteiger partial charge in [-0.3, -0.25) is 4.79 Å². The Kier molecular flexibility index (Phi) is 5.69. The van der Waals surface area contributed by atoms with Crippen LogP contribution in [0.1, 0.15) is 24.8 Å². The normalized spacial score (nSPS) is 20.5. The third-order valence-electron chi connectivity index (χ3n) is 5.73. The summed E-state index contributed by atoms with van der Waals surface area (Å²) in [5, 5.41) is 0. The molecular weight excluding hydrogens is 424 g/mol. The largest absolute Gasteiger partial charge is 0.273 e. The molecule has 2 aliphatic rings. The van der Waals surface area contributed by atoms with Crippen molar-refractivity contribution in [2.24, 2.45) is 5.92 Å². The molecule has 0 aromatic heterocycles. The fourth-order valence-electron chi connectivity index (χ4n) is 4.07. The molecule has 2 heterocycles. The molecule has 4 rings (SSSR count). The summed E-state index contributed by atoms with van der Waals surface area (Å²) in [5.41, 5.74) is 1.44. The lowest BCUT2D eigenvalue weighted by Gasteiger charge is -2.31. The first-order valence-electron chi connectivity index (χ1n) is 9.97. The van der Waals surface area contributed by atoms with Gasteiger partial charge in [-0.25, -0.2) is 21.1 Å². The smallest absolute Gasteiger partial charge is 0.243 e. The zero-order chi connectivity index (χ0) is 21.4. The van der Waals surface area contributed by atoms with Gasteiger partial charge in [-0.1, -0.05) is 30.3 Å². The Balaban J connectivity index is 1.43. The van der Waals surface area contributed by atoms with Crippen molar-refractivity contribution in [3.63, 3.8) is 0 Å². The summed E-state index contributed by atoms with van der Waals surface area (Å²) in [5.74, 6) is -0.261. The minimum absolute atomic E-state index is 0.0552. The van der Waals surface area contributed by atoms with E-state index in [-0.39, 0.29) is 22.8 Å². The number of nitrogens with zero attached hydrogens (tertiary/aromatic N) is 2. The first-order valence-corrected chi connectivity index (χ1v) is 13.0. The Hall–Kier alpha value is -2.23. The van der Waals surface area contributed by atoms with Crippen molar-refractivity contribution >= 4 is 31.6 Å². The molecule has 0 N–H and O–H groups in total. The summed E-state index contributed by atoms with van der Waals surface area (Å²) in [4.78, 5) is 12.0. The van der Waals surface area contributed by atoms with Crippen LogP contribution >= 0.6 is 0 Å². The van der Waals surface area contributed by atoms with E-state index in [9.17, 15) is 21.6 Å². The molecule has 7 nitrogen and oxygen atoms in total. The van der Waals surface area contributed by atoms with E-state index >= 15 is 0 Å². The molecule has 30 heavy (non-hydrogen) atoms. The molecule has 0 bridgehead atoms. The van der Waals surface area contributed by atoms with Crippen molar-refractivity contribution in [2.45, 2.75) is 30.6 Å². The zero-order valence-electron chi connectivity index (χ0n) is 16.5. The second-order valence-corrected chi connectivity index (χ2v) is 11.6. The summed E-state index contributed by atoms with van der Waals surface area (Å²) in [7, 11) is -7.33. The third-order valence-corrected chi connectivity index (χ3v) is 9.33. The average Bonchev–Trinajstić information content (AvgIpc) is 3.01. The van der Waals surface area contributed by atoms with Crippen molar-refractivity contribution < 1.29 is 21.6 Å². The lowest BCUT2D eigenvalue weighted by Crippen LogP contribution is -2.38. The molecule has 2 saturated heterocycles. The lowest BCUT2D eigenvalue weighted by molar-refractivity contribution is -0.116. The molecule has 9 heteroatoms. The summed E-state index contributed by atoms with van der Waals surface area (Å²) in [6.07, 6.45) is 2.49. The van der Waals surface area contributed by atoms with Gasteiger partial charge < -0.3 is 0 Å². The highest BCUT2D eigenvalue weighted by Crippen LogP contribution is 2.29. The Morgan fingerprint density at radius 1 is 0.933 bits per heavy atom. The van der Waals surface area contributed by atoms with E-state index in [2.05, 4.69) is 12.1 Å². The van der Waals surface area contributed by atoms with E-state index in [1.165, 1.54) is 34.1 Å². The molecule has 0 radical (unpaired) electrons. The number of anilines is 1. The number of amides is 1. The van der Waals surface area contributed by atoms with Gasteiger partial charge in [0.15, 0.2) is 0 Å². The molecule has 0 saturated carbocycles. The molecule has 0 spiro atoms. The van der Waals surface area contributed by atoms with Crippen LogP contribution in [0.25, 0.3) is 0 Å². The van der Waals surface area contributed by atoms with Crippen LogP contribution in [0.2, 0.25) is 0 Å². The van der Waals surface area contributed by atoms with Crippen molar-refractivity contribution in [1.29, 1.82) is 0 Å². The van der Waals surface area contributed by atoms with Gasteiger partial charge >= 0.3 is 0 Å². The number of carbonyl (C=O) groups excluding carboxylic acids is 1. The van der Waals surface area contributed by atoms with Crippen LogP contribution in [0.15, 0.2) is 59.5 Å². The zero-order valence-corrected chi connectivity index (χ0v) is 18.1. The van der Waals surface area contributed by atoms with Gasteiger partial charge in [-0.05, 0) is 55.0 Å². The van der Waals surface area contributed by atoms with Crippen molar-refractivity contribution in [1.82, 2.24) is 4.31 Å². The van der Waals surface area contributed by atoms with Gasteiger partial charge in [0.2, 0.25) is 26.0 Å². The van der Waals surface area contributed by atoms with E-state index in [1.54, 1.807) is 0 Å². The SMILES string of the molecule is O=C1CCS(=O)(=O)N1c1ccc(S(=O)(=O)N2CCC(Cc3ccccc3)CC2)cc1. The van der Waals surface area contributed by atoms with Gasteiger partial charge in [-0.15, -0.1) is 0 Å². The van der Waals surface area contributed by atoms with Gasteiger partial charge in [-0.2, -0.15) is 4.31 Å². The molecule has 0 unspecified atom stereocenters. The van der Waals surface area contributed by atoms with Crippen LogP contribution in [-0.2, 0) is 31.3 Å². The van der Waals surface area contributed by atoms with Crippen molar-refractivity contribution in [3.8, 4) is 0 Å². The van der Waals surface area contributed by atoms with Crippen LogP contribution in [-0.4, -0.2) is 45.9 Å². The number of hydrogen-bond acceptors (Lipinski definition) is 5. The fourth-order valence-corrected chi connectivity index (χ4v) is 7.00. The van der Waals surface area contributed by atoms with E-state index in [4.69, 9.17) is 0 Å². The Morgan fingerprint density at radius 3 is 2.13 bits per heavy atom. The minimum Gasteiger partial charge on any atom is -0.273 e. The van der Waals surface area contributed by atoms with Crippen LogP contribution in [0.5, 0.6) is 0 Å². The number of benzene rings is 2. The lowest BCUT2D eigenvalue weighted by atomic mass is 9.91. The van der Waals surface area contributed by atoms with Gasteiger partial charge in [0.1, 0.15) is 0 Å². The number of piperidine rings is 1. The quantitative estimate of drug-likeness (QED) is 0.700. The summed E-state index contributed by atoms with van der Waals surface area (Å²) in [6.45, 7) is 0.918. The molecule has 2 aromatic carbocycles. The Labute approximate surface area is 177 Å². The van der Waals surface area contributed by atoms with E-state index in [0.29, 0.717) is 19.0 Å². The Bertz CT molecular complexity index is 1120. The van der Waals surface area contributed by atoms with Crippen molar-refractivity contribution in [3.05, 3.63) is 60.2 Å². The third kappa shape index (κ3) is 4.14. The summed E-state index contributed by atoms with van der Waals surface area (Å²) >= 11 is 0. The van der Waals surface area contributed by atoms with E-state index < -0.39 is 26.0 Å². The second kappa shape index (κ2) is 8.13. The molecule has 160 valence electrons. The molecule has 0 atom stereocenters. The van der Waals surface area contributed by atoms with Crippen molar-refractivity contribution in [2.75, 3.05) is 23.1 Å². The van der Waals surface area contributed by atoms with Crippen LogP contribution in [0.4, 0.5) is 5.69 Å². The Morgan fingerprint density at radius 2 is 1.57 bits per heavy atom. The maximum atomic E-state index is 13.0. The summed E-state index contributed by atoms with van der Waals surface area (Å²) in [6, 6.07) is 15.7. The number of carbonyl (C=O) groups is 1. The molecule has 2 fully saturated rings.